The maximum Gasteiger partial charge on any atom is 0.243 e. The number of carbonyl (C=O) groups excluding carboxylic acids is 2. The van der Waals surface area contributed by atoms with Crippen molar-refractivity contribution in [1.82, 2.24) is 10.2 Å². The van der Waals surface area contributed by atoms with Crippen molar-refractivity contribution in [3.63, 3.8) is 0 Å². The second-order valence-corrected chi connectivity index (χ2v) is 12.5. The highest BCUT2D eigenvalue weighted by molar-refractivity contribution is 7.92. The van der Waals surface area contributed by atoms with Gasteiger partial charge in [-0.05, 0) is 57.2 Å². The first-order chi connectivity index (χ1) is 18.1. The van der Waals surface area contributed by atoms with Crippen LogP contribution in [0.3, 0.4) is 0 Å². The zero-order valence-electron chi connectivity index (χ0n) is 23.3. The molecule has 0 heterocycles. The van der Waals surface area contributed by atoms with Crippen LogP contribution in [0.4, 0.5) is 5.69 Å². The van der Waals surface area contributed by atoms with Crippen molar-refractivity contribution in [3.8, 4) is 0 Å². The van der Waals surface area contributed by atoms with Crippen LogP contribution < -0.4 is 9.62 Å². The van der Waals surface area contributed by atoms with Crippen LogP contribution in [0.5, 0.6) is 0 Å². The van der Waals surface area contributed by atoms with Crippen LogP contribution in [-0.2, 0) is 26.2 Å². The zero-order chi connectivity index (χ0) is 27.7. The molecule has 208 valence electrons. The van der Waals surface area contributed by atoms with E-state index >= 15 is 0 Å². The topological polar surface area (TPSA) is 86.8 Å². The third-order valence-corrected chi connectivity index (χ3v) is 8.44. The van der Waals surface area contributed by atoms with E-state index in [-0.39, 0.29) is 30.8 Å². The molecule has 1 saturated carbocycles. The molecule has 0 saturated heterocycles. The Morgan fingerprint density at radius 3 is 2.29 bits per heavy atom. The Morgan fingerprint density at radius 1 is 1.00 bits per heavy atom. The van der Waals surface area contributed by atoms with Crippen LogP contribution in [0.15, 0.2) is 48.5 Å². The van der Waals surface area contributed by atoms with Crippen molar-refractivity contribution >= 4 is 27.5 Å². The molecule has 2 aromatic carbocycles. The van der Waals surface area contributed by atoms with Crippen molar-refractivity contribution in [2.24, 2.45) is 0 Å². The zero-order valence-corrected chi connectivity index (χ0v) is 24.1. The Kier molecular flexibility index (Phi) is 10.8. The Bertz CT molecular complexity index is 1170. The number of sulfonamides is 1. The highest BCUT2D eigenvalue weighted by atomic mass is 32.2. The highest BCUT2D eigenvalue weighted by Gasteiger charge is 2.30. The maximum absolute atomic E-state index is 13.6. The number of amides is 2. The number of carbonyl (C=O) groups is 2. The smallest absolute Gasteiger partial charge is 0.243 e. The molecule has 2 amide bonds. The fourth-order valence-corrected chi connectivity index (χ4v) is 6.15. The fraction of sp³-hybridized carbons (Fsp3) is 0.533. The van der Waals surface area contributed by atoms with Gasteiger partial charge in [-0.2, -0.15) is 0 Å². The van der Waals surface area contributed by atoms with Crippen LogP contribution in [0.1, 0.15) is 75.0 Å². The van der Waals surface area contributed by atoms with Gasteiger partial charge in [-0.1, -0.05) is 73.7 Å². The van der Waals surface area contributed by atoms with Gasteiger partial charge in [0.25, 0.3) is 0 Å². The minimum Gasteiger partial charge on any atom is -0.352 e. The first kappa shape index (κ1) is 29.7. The quantitative estimate of drug-likeness (QED) is 0.405. The SMILES string of the molecule is CC[C@@H](C(=O)NC1CCCCC1)N(Cc1cccc(C)c1)C(=O)CCCN(c1ccc(C)cc1)S(C)(=O)=O. The molecule has 0 bridgehead atoms. The fourth-order valence-electron chi connectivity index (χ4n) is 5.19. The van der Waals surface area contributed by atoms with E-state index in [1.807, 2.05) is 57.2 Å². The van der Waals surface area contributed by atoms with E-state index in [2.05, 4.69) is 5.32 Å². The molecular weight excluding hydrogens is 498 g/mol. The molecule has 0 unspecified atom stereocenters. The summed E-state index contributed by atoms with van der Waals surface area (Å²) in [4.78, 5) is 28.7. The molecule has 1 atom stereocenters. The van der Waals surface area contributed by atoms with E-state index in [0.29, 0.717) is 25.1 Å². The first-order valence-electron chi connectivity index (χ1n) is 13.8. The van der Waals surface area contributed by atoms with Gasteiger partial charge in [0.05, 0.1) is 11.9 Å². The first-order valence-corrected chi connectivity index (χ1v) is 15.6. The summed E-state index contributed by atoms with van der Waals surface area (Å²) in [5.74, 6) is -0.243. The molecule has 1 fully saturated rings. The number of hydrogen-bond donors (Lipinski definition) is 1. The Hall–Kier alpha value is -2.87. The normalized spacial score (nSPS) is 15.1. The Labute approximate surface area is 228 Å². The van der Waals surface area contributed by atoms with Gasteiger partial charge >= 0.3 is 0 Å². The van der Waals surface area contributed by atoms with E-state index in [0.717, 1.165) is 42.4 Å². The standard InChI is InChI=1S/C30H43N3O4S/c1-5-28(30(35)31-26-13-7-6-8-14-26)32(22-25-12-9-11-24(3)21-25)29(34)15-10-20-33(38(4,36)37)27-18-16-23(2)17-19-27/h9,11-12,16-19,21,26,28H,5-8,10,13-15,20,22H2,1-4H3,(H,31,35)/t28-/m0/s1. The molecule has 2 aromatic rings. The van der Waals surface area contributed by atoms with Crippen LogP contribution in [-0.4, -0.2) is 50.0 Å². The summed E-state index contributed by atoms with van der Waals surface area (Å²) >= 11 is 0. The molecule has 1 N–H and O–H groups in total. The van der Waals surface area contributed by atoms with Gasteiger partial charge in [0.15, 0.2) is 0 Å². The Morgan fingerprint density at radius 2 is 1.68 bits per heavy atom. The molecular formula is C30H43N3O4S. The predicted molar refractivity (Wildman–Crippen MR) is 153 cm³/mol. The van der Waals surface area contributed by atoms with Gasteiger partial charge in [0.2, 0.25) is 21.8 Å². The van der Waals surface area contributed by atoms with E-state index in [1.165, 1.54) is 17.0 Å². The van der Waals surface area contributed by atoms with Crippen LogP contribution in [0.2, 0.25) is 0 Å². The lowest BCUT2D eigenvalue weighted by Crippen LogP contribution is -2.51. The minimum atomic E-state index is -3.51. The summed E-state index contributed by atoms with van der Waals surface area (Å²) in [7, 11) is -3.51. The number of anilines is 1. The molecule has 0 radical (unpaired) electrons. The second-order valence-electron chi connectivity index (χ2n) is 10.6. The average molecular weight is 542 g/mol. The van der Waals surface area contributed by atoms with Gasteiger partial charge in [0, 0.05) is 25.6 Å². The third-order valence-electron chi connectivity index (χ3n) is 7.25. The lowest BCUT2D eigenvalue weighted by Gasteiger charge is -2.33. The average Bonchev–Trinajstić information content (AvgIpc) is 2.87. The molecule has 7 nitrogen and oxygen atoms in total. The molecule has 8 heteroatoms. The predicted octanol–water partition coefficient (Wildman–Crippen LogP) is 5.11. The largest absolute Gasteiger partial charge is 0.352 e. The summed E-state index contributed by atoms with van der Waals surface area (Å²) in [6.07, 6.45) is 7.59. The number of rotatable bonds is 12. The molecule has 0 aromatic heterocycles. The summed E-state index contributed by atoms with van der Waals surface area (Å²) in [6, 6.07) is 14.9. The summed E-state index contributed by atoms with van der Waals surface area (Å²) in [5, 5.41) is 3.20. The number of hydrogen-bond acceptors (Lipinski definition) is 4. The van der Waals surface area contributed by atoms with Gasteiger partial charge < -0.3 is 10.2 Å². The number of nitrogens with one attached hydrogen (secondary N) is 1. The molecule has 3 rings (SSSR count). The van der Waals surface area contributed by atoms with Gasteiger partial charge in [-0.3, -0.25) is 13.9 Å². The third kappa shape index (κ3) is 8.58. The summed E-state index contributed by atoms with van der Waals surface area (Å²) in [5.41, 5.74) is 3.69. The van der Waals surface area contributed by atoms with Crippen molar-refractivity contribution in [2.75, 3.05) is 17.1 Å². The van der Waals surface area contributed by atoms with Crippen LogP contribution in [0.25, 0.3) is 0 Å². The minimum absolute atomic E-state index is 0.0992. The Balaban J connectivity index is 1.75. The highest BCUT2D eigenvalue weighted by Crippen LogP contribution is 2.22. The number of aryl methyl sites for hydroxylation is 2. The lowest BCUT2D eigenvalue weighted by atomic mass is 9.95. The summed E-state index contributed by atoms with van der Waals surface area (Å²) in [6.45, 7) is 6.42. The number of nitrogens with zero attached hydrogens (tertiary/aromatic N) is 2. The van der Waals surface area contributed by atoms with Crippen molar-refractivity contribution in [2.45, 2.75) is 90.8 Å². The van der Waals surface area contributed by atoms with Crippen molar-refractivity contribution in [3.05, 3.63) is 65.2 Å². The van der Waals surface area contributed by atoms with E-state index in [4.69, 9.17) is 0 Å². The van der Waals surface area contributed by atoms with Gasteiger partial charge in [-0.15, -0.1) is 0 Å². The van der Waals surface area contributed by atoms with Crippen LogP contribution >= 0.6 is 0 Å². The number of benzene rings is 2. The van der Waals surface area contributed by atoms with E-state index in [1.54, 1.807) is 17.0 Å². The maximum atomic E-state index is 13.6. The lowest BCUT2D eigenvalue weighted by molar-refractivity contribution is -0.141. The molecule has 38 heavy (non-hydrogen) atoms. The summed E-state index contributed by atoms with van der Waals surface area (Å²) < 4.78 is 26.4. The van der Waals surface area contributed by atoms with Crippen molar-refractivity contribution < 1.29 is 18.0 Å². The van der Waals surface area contributed by atoms with E-state index in [9.17, 15) is 18.0 Å². The molecule has 0 spiro atoms. The molecule has 0 aliphatic heterocycles. The van der Waals surface area contributed by atoms with E-state index < -0.39 is 16.1 Å². The molecule has 1 aliphatic carbocycles. The van der Waals surface area contributed by atoms with Crippen molar-refractivity contribution in [1.29, 1.82) is 0 Å². The monoisotopic (exact) mass is 541 g/mol. The van der Waals surface area contributed by atoms with Crippen LogP contribution in [0, 0.1) is 13.8 Å². The second kappa shape index (κ2) is 13.8. The van der Waals surface area contributed by atoms with Gasteiger partial charge in [-0.25, -0.2) is 8.42 Å². The molecule has 1 aliphatic rings. The van der Waals surface area contributed by atoms with Gasteiger partial charge in [0.1, 0.15) is 6.04 Å².